The van der Waals surface area contributed by atoms with Gasteiger partial charge in [0.2, 0.25) is 5.91 Å². The van der Waals surface area contributed by atoms with Crippen molar-refractivity contribution in [3.8, 4) is 17.2 Å². The number of ether oxygens (including phenoxy) is 4. The number of piperidine rings is 1. The van der Waals surface area contributed by atoms with E-state index in [1.807, 2.05) is 47.4 Å². The van der Waals surface area contributed by atoms with Crippen molar-refractivity contribution in [1.29, 1.82) is 0 Å². The molecule has 0 radical (unpaired) electrons. The highest BCUT2D eigenvalue weighted by Gasteiger charge is 2.26. The second-order valence-corrected chi connectivity index (χ2v) is 11.0. The average Bonchev–Trinajstić information content (AvgIpc) is 2.98. The Kier molecular flexibility index (Phi) is 9.76. The Morgan fingerprint density at radius 1 is 1.00 bits per heavy atom. The van der Waals surface area contributed by atoms with Crippen LogP contribution in [0.4, 0.5) is 0 Å². The number of benzene rings is 2. The molecule has 0 bridgehead atoms. The van der Waals surface area contributed by atoms with Gasteiger partial charge in [0.05, 0.1) is 17.8 Å². The van der Waals surface area contributed by atoms with Gasteiger partial charge in [-0.3, -0.25) is 4.79 Å². The molecule has 0 N–H and O–H groups in total. The summed E-state index contributed by atoms with van der Waals surface area (Å²) >= 11 is 0. The van der Waals surface area contributed by atoms with E-state index in [1.54, 1.807) is 0 Å². The van der Waals surface area contributed by atoms with Crippen LogP contribution >= 0.6 is 0 Å². The summed E-state index contributed by atoms with van der Waals surface area (Å²) in [6, 6.07) is 15.9. The van der Waals surface area contributed by atoms with Crippen molar-refractivity contribution in [1.82, 2.24) is 9.88 Å². The van der Waals surface area contributed by atoms with Crippen LogP contribution in [0.25, 0.3) is 10.9 Å². The van der Waals surface area contributed by atoms with E-state index < -0.39 is 0 Å². The van der Waals surface area contributed by atoms with Gasteiger partial charge in [-0.05, 0) is 56.4 Å². The largest absolute Gasteiger partial charge is 0.493 e. The summed E-state index contributed by atoms with van der Waals surface area (Å²) in [5.74, 6) is 3.16. The van der Waals surface area contributed by atoms with Crippen molar-refractivity contribution in [3.05, 3.63) is 59.8 Å². The molecule has 7 heteroatoms. The van der Waals surface area contributed by atoms with Gasteiger partial charge in [0.15, 0.2) is 0 Å². The van der Waals surface area contributed by atoms with E-state index in [1.165, 1.54) is 0 Å². The molecular weight excluding hydrogens is 504 g/mol. The van der Waals surface area contributed by atoms with Gasteiger partial charge < -0.3 is 23.8 Å². The van der Waals surface area contributed by atoms with Gasteiger partial charge in [0, 0.05) is 62.6 Å². The van der Waals surface area contributed by atoms with Crippen LogP contribution in [0.5, 0.6) is 17.2 Å². The molecule has 3 heterocycles. The van der Waals surface area contributed by atoms with Crippen molar-refractivity contribution >= 4 is 16.8 Å². The lowest BCUT2D eigenvalue weighted by Crippen LogP contribution is -2.42. The number of aromatic nitrogens is 1. The summed E-state index contributed by atoms with van der Waals surface area (Å²) in [4.78, 5) is 19.6. The predicted molar refractivity (Wildman–Crippen MR) is 156 cm³/mol. The van der Waals surface area contributed by atoms with E-state index in [4.69, 9.17) is 23.9 Å². The Morgan fingerprint density at radius 2 is 1.77 bits per heavy atom. The van der Waals surface area contributed by atoms with E-state index in [0.29, 0.717) is 25.6 Å². The quantitative estimate of drug-likeness (QED) is 0.256. The molecule has 1 aromatic heterocycles. The number of fused-ring (bicyclic) bond motifs is 1. The smallest absolute Gasteiger partial charge is 0.222 e. The Balaban J connectivity index is 1.16. The lowest BCUT2D eigenvalue weighted by atomic mass is 9.95. The lowest BCUT2D eigenvalue weighted by molar-refractivity contribution is -0.134. The van der Waals surface area contributed by atoms with Crippen LogP contribution in [-0.2, 0) is 16.1 Å². The molecule has 214 valence electrons. The number of unbranched alkanes of at least 4 members (excludes halogenated alkanes) is 1. The minimum Gasteiger partial charge on any atom is -0.493 e. The number of hydrogen-bond donors (Lipinski definition) is 0. The molecule has 40 heavy (non-hydrogen) atoms. The normalized spacial score (nSPS) is 16.7. The minimum atomic E-state index is 0.0922. The van der Waals surface area contributed by atoms with Crippen molar-refractivity contribution in [2.45, 2.75) is 71.5 Å². The SMILES string of the molecule is CCCCOc1c(C)c(COc2cccc(OC3CCN(C(=O)CC4CCOCC4)CC3)c2)nc2ccccc12. The maximum absolute atomic E-state index is 12.8. The van der Waals surface area contributed by atoms with Crippen LogP contribution in [0.2, 0.25) is 0 Å². The first-order chi connectivity index (χ1) is 19.6. The minimum absolute atomic E-state index is 0.0922. The van der Waals surface area contributed by atoms with Crippen LogP contribution in [0.3, 0.4) is 0 Å². The first-order valence-electron chi connectivity index (χ1n) is 14.9. The number of para-hydroxylation sites is 1. The Labute approximate surface area is 237 Å². The van der Waals surface area contributed by atoms with E-state index >= 15 is 0 Å². The fourth-order valence-corrected chi connectivity index (χ4v) is 5.50. The predicted octanol–water partition coefficient (Wildman–Crippen LogP) is 6.49. The Morgan fingerprint density at radius 3 is 2.58 bits per heavy atom. The zero-order valence-corrected chi connectivity index (χ0v) is 23.9. The number of amides is 1. The van der Waals surface area contributed by atoms with E-state index in [0.717, 1.165) is 104 Å². The molecular formula is C33H42N2O5. The molecule has 0 spiro atoms. The molecule has 2 aliphatic heterocycles. The summed E-state index contributed by atoms with van der Waals surface area (Å²) in [5, 5.41) is 1.03. The number of rotatable bonds is 11. The van der Waals surface area contributed by atoms with Crippen LogP contribution in [-0.4, -0.2) is 54.8 Å². The number of pyridine rings is 1. The molecule has 0 aliphatic carbocycles. The van der Waals surface area contributed by atoms with Crippen LogP contribution in [0, 0.1) is 12.8 Å². The van der Waals surface area contributed by atoms with Crippen molar-refractivity contribution in [2.24, 2.45) is 5.92 Å². The highest BCUT2D eigenvalue weighted by molar-refractivity contribution is 5.86. The summed E-state index contributed by atoms with van der Waals surface area (Å²) in [6.07, 6.45) is 6.51. The van der Waals surface area contributed by atoms with Gasteiger partial charge in [-0.25, -0.2) is 4.98 Å². The van der Waals surface area contributed by atoms with Crippen molar-refractivity contribution < 1.29 is 23.7 Å². The van der Waals surface area contributed by atoms with E-state index in [9.17, 15) is 4.79 Å². The van der Waals surface area contributed by atoms with Gasteiger partial charge >= 0.3 is 0 Å². The molecule has 2 aromatic carbocycles. The van der Waals surface area contributed by atoms with Crippen LogP contribution in [0.15, 0.2) is 48.5 Å². The van der Waals surface area contributed by atoms with Gasteiger partial charge in [0.1, 0.15) is 30.0 Å². The fraction of sp³-hybridized carbons (Fsp3) is 0.515. The standard InChI is InChI=1S/C33H42N2O5/c1-3-4-18-38-33-24(2)31(34-30-11-6-5-10-29(30)33)23-39-27-8-7-9-28(22-27)40-26-12-16-35(17-13-26)32(36)21-25-14-19-37-20-15-25/h5-11,22,25-26H,3-4,12-21,23H2,1-2H3. The molecule has 0 unspecified atom stereocenters. The third-order valence-electron chi connectivity index (χ3n) is 8.00. The Bertz CT molecular complexity index is 1260. The molecule has 0 atom stereocenters. The highest BCUT2D eigenvalue weighted by Crippen LogP contribution is 2.32. The maximum Gasteiger partial charge on any atom is 0.222 e. The molecule has 0 saturated carbocycles. The topological polar surface area (TPSA) is 70.1 Å². The molecule has 5 rings (SSSR count). The van der Waals surface area contributed by atoms with Gasteiger partial charge in [-0.2, -0.15) is 0 Å². The number of carbonyl (C=O) groups is 1. The summed E-state index contributed by atoms with van der Waals surface area (Å²) in [6.45, 7) is 8.31. The molecule has 2 fully saturated rings. The van der Waals surface area contributed by atoms with Gasteiger partial charge in [-0.15, -0.1) is 0 Å². The summed E-state index contributed by atoms with van der Waals surface area (Å²) < 4.78 is 24.1. The van der Waals surface area contributed by atoms with E-state index in [-0.39, 0.29) is 12.0 Å². The molecule has 1 amide bonds. The molecule has 2 saturated heterocycles. The molecule has 2 aliphatic rings. The number of likely N-dealkylation sites (tertiary alicyclic amines) is 1. The third kappa shape index (κ3) is 7.25. The van der Waals surface area contributed by atoms with Gasteiger partial charge in [0.25, 0.3) is 0 Å². The summed E-state index contributed by atoms with van der Waals surface area (Å²) in [5.41, 5.74) is 2.79. The highest BCUT2D eigenvalue weighted by atomic mass is 16.5. The van der Waals surface area contributed by atoms with Crippen LogP contribution < -0.4 is 14.2 Å². The number of nitrogens with zero attached hydrogens (tertiary/aromatic N) is 2. The van der Waals surface area contributed by atoms with Crippen LogP contribution in [0.1, 0.15) is 63.1 Å². The first kappa shape index (κ1) is 28.2. The van der Waals surface area contributed by atoms with Gasteiger partial charge in [-0.1, -0.05) is 31.5 Å². The molecule has 7 nitrogen and oxygen atoms in total. The zero-order valence-electron chi connectivity index (χ0n) is 23.9. The molecule has 3 aromatic rings. The second-order valence-electron chi connectivity index (χ2n) is 11.0. The van der Waals surface area contributed by atoms with E-state index in [2.05, 4.69) is 19.9 Å². The maximum atomic E-state index is 12.8. The summed E-state index contributed by atoms with van der Waals surface area (Å²) in [7, 11) is 0. The fourth-order valence-electron chi connectivity index (χ4n) is 5.50. The second kappa shape index (κ2) is 13.8. The number of carbonyl (C=O) groups excluding carboxylic acids is 1. The lowest BCUT2D eigenvalue weighted by Gasteiger charge is -2.33. The monoisotopic (exact) mass is 546 g/mol. The zero-order chi connectivity index (χ0) is 27.7. The average molecular weight is 547 g/mol. The number of hydrogen-bond acceptors (Lipinski definition) is 6. The third-order valence-corrected chi connectivity index (χ3v) is 8.00. The van der Waals surface area contributed by atoms with Crippen molar-refractivity contribution in [2.75, 3.05) is 32.9 Å². The first-order valence-corrected chi connectivity index (χ1v) is 14.9. The Hall–Kier alpha value is -3.32. The van der Waals surface area contributed by atoms with Crippen molar-refractivity contribution in [3.63, 3.8) is 0 Å².